The minimum atomic E-state index is -3.14. The van der Waals surface area contributed by atoms with E-state index in [1.807, 2.05) is 26.8 Å². The SMILES string of the molecule is CCC1(C)C=C(P(=O)(OC)OC)C(C)O1. The lowest BCUT2D eigenvalue weighted by atomic mass is 10.1. The molecule has 1 rings (SSSR count). The zero-order valence-electron chi connectivity index (χ0n) is 9.94. The van der Waals surface area contributed by atoms with E-state index in [2.05, 4.69) is 0 Å². The van der Waals surface area contributed by atoms with Crippen LogP contribution in [0.2, 0.25) is 0 Å². The van der Waals surface area contributed by atoms with Crippen LogP contribution in [0.3, 0.4) is 0 Å². The summed E-state index contributed by atoms with van der Waals surface area (Å²) in [5.41, 5.74) is -0.360. The van der Waals surface area contributed by atoms with Gasteiger partial charge in [-0.2, -0.15) is 0 Å². The highest BCUT2D eigenvalue weighted by Crippen LogP contribution is 2.59. The zero-order valence-corrected chi connectivity index (χ0v) is 10.8. The molecule has 0 bridgehead atoms. The quantitative estimate of drug-likeness (QED) is 0.701. The zero-order chi connectivity index (χ0) is 11.7. The fraction of sp³-hybridized carbons (Fsp3) is 0.800. The Labute approximate surface area is 91.1 Å². The molecule has 0 spiro atoms. The summed E-state index contributed by atoms with van der Waals surface area (Å²) in [7, 11) is -0.365. The minimum absolute atomic E-state index is 0.222. The van der Waals surface area contributed by atoms with E-state index < -0.39 is 7.60 Å². The van der Waals surface area contributed by atoms with Gasteiger partial charge in [-0.05, 0) is 26.3 Å². The van der Waals surface area contributed by atoms with Gasteiger partial charge in [0.15, 0.2) is 0 Å². The lowest BCUT2D eigenvalue weighted by Crippen LogP contribution is -2.23. The summed E-state index contributed by atoms with van der Waals surface area (Å²) in [6, 6.07) is 0. The maximum absolute atomic E-state index is 12.2. The van der Waals surface area contributed by atoms with Gasteiger partial charge in [0.05, 0.1) is 17.0 Å². The van der Waals surface area contributed by atoms with Gasteiger partial charge in [0.1, 0.15) is 0 Å². The van der Waals surface area contributed by atoms with Crippen LogP contribution in [0.4, 0.5) is 0 Å². The van der Waals surface area contributed by atoms with Crippen LogP contribution in [0, 0.1) is 0 Å². The van der Waals surface area contributed by atoms with E-state index in [-0.39, 0.29) is 11.7 Å². The summed E-state index contributed by atoms with van der Waals surface area (Å²) in [4.78, 5) is 0. The molecule has 0 aromatic heterocycles. The number of hydrogen-bond acceptors (Lipinski definition) is 4. The Morgan fingerprint density at radius 1 is 1.53 bits per heavy atom. The molecule has 0 amide bonds. The highest BCUT2D eigenvalue weighted by molar-refractivity contribution is 7.58. The van der Waals surface area contributed by atoms with Gasteiger partial charge in [-0.25, -0.2) is 0 Å². The molecular weight excluding hydrogens is 215 g/mol. The third-order valence-corrected chi connectivity index (χ3v) is 4.90. The normalized spacial score (nSPS) is 31.8. The van der Waals surface area contributed by atoms with E-state index in [1.165, 1.54) is 14.2 Å². The number of ether oxygens (including phenoxy) is 1. The van der Waals surface area contributed by atoms with Crippen LogP contribution in [0.15, 0.2) is 11.4 Å². The Bertz CT molecular complexity index is 305. The molecule has 0 saturated heterocycles. The first-order valence-corrected chi connectivity index (χ1v) is 6.57. The molecule has 1 heterocycles. The standard InChI is InChI=1S/C10H19O4P/c1-6-10(3)7-9(8(2)14-10)15(11,12-4)13-5/h7-8H,6H2,1-5H3. The average Bonchev–Trinajstić information content (AvgIpc) is 2.55. The van der Waals surface area contributed by atoms with E-state index in [0.717, 1.165) is 6.42 Å². The van der Waals surface area contributed by atoms with Crippen LogP contribution in [0.1, 0.15) is 27.2 Å². The first-order chi connectivity index (χ1) is 6.90. The fourth-order valence-corrected chi connectivity index (χ4v) is 3.20. The van der Waals surface area contributed by atoms with Crippen LogP contribution in [-0.2, 0) is 18.3 Å². The Balaban J connectivity index is 3.05. The second-order valence-corrected chi connectivity index (χ2v) is 6.10. The molecule has 0 aromatic carbocycles. The van der Waals surface area contributed by atoms with Gasteiger partial charge in [0.25, 0.3) is 0 Å². The van der Waals surface area contributed by atoms with E-state index in [1.54, 1.807) is 0 Å². The topological polar surface area (TPSA) is 44.8 Å². The molecule has 0 N–H and O–H groups in total. The highest BCUT2D eigenvalue weighted by atomic mass is 31.2. The van der Waals surface area contributed by atoms with Gasteiger partial charge >= 0.3 is 7.60 Å². The summed E-state index contributed by atoms with van der Waals surface area (Å²) in [5, 5.41) is 0.622. The van der Waals surface area contributed by atoms with Crippen molar-refractivity contribution in [2.75, 3.05) is 14.2 Å². The van der Waals surface area contributed by atoms with Crippen LogP contribution in [0.25, 0.3) is 0 Å². The van der Waals surface area contributed by atoms with E-state index in [4.69, 9.17) is 13.8 Å². The second-order valence-electron chi connectivity index (χ2n) is 3.86. The van der Waals surface area contributed by atoms with E-state index in [9.17, 15) is 4.57 Å². The molecule has 2 atom stereocenters. The van der Waals surface area contributed by atoms with Crippen molar-refractivity contribution in [2.45, 2.75) is 38.9 Å². The van der Waals surface area contributed by atoms with E-state index in [0.29, 0.717) is 5.31 Å². The third kappa shape index (κ3) is 2.34. The molecule has 2 unspecified atom stereocenters. The number of hydrogen-bond donors (Lipinski definition) is 0. The van der Waals surface area contributed by atoms with Crippen LogP contribution in [-0.4, -0.2) is 25.9 Å². The van der Waals surface area contributed by atoms with Gasteiger partial charge in [0, 0.05) is 14.2 Å². The minimum Gasteiger partial charge on any atom is -0.363 e. The summed E-state index contributed by atoms with van der Waals surface area (Å²) < 4.78 is 27.8. The maximum atomic E-state index is 12.2. The summed E-state index contributed by atoms with van der Waals surface area (Å²) in [5.74, 6) is 0. The molecule has 5 heteroatoms. The first-order valence-electron chi connectivity index (χ1n) is 5.03. The van der Waals surface area contributed by atoms with Gasteiger partial charge in [-0.15, -0.1) is 0 Å². The molecule has 0 aliphatic carbocycles. The lowest BCUT2D eigenvalue weighted by Gasteiger charge is -2.21. The predicted octanol–water partition coefficient (Wildman–Crippen LogP) is 2.94. The van der Waals surface area contributed by atoms with Crippen molar-refractivity contribution in [3.8, 4) is 0 Å². The number of rotatable bonds is 4. The monoisotopic (exact) mass is 234 g/mol. The van der Waals surface area contributed by atoms with Crippen molar-refractivity contribution in [2.24, 2.45) is 0 Å². The summed E-state index contributed by atoms with van der Waals surface area (Å²) in [6.45, 7) is 5.85. The third-order valence-electron chi connectivity index (χ3n) is 2.81. The van der Waals surface area contributed by atoms with Crippen molar-refractivity contribution in [3.05, 3.63) is 11.4 Å². The van der Waals surface area contributed by atoms with Crippen molar-refractivity contribution < 1.29 is 18.3 Å². The van der Waals surface area contributed by atoms with Crippen LogP contribution >= 0.6 is 7.60 Å². The Kier molecular flexibility index (Phi) is 3.77. The molecular formula is C10H19O4P. The second kappa shape index (κ2) is 4.38. The highest BCUT2D eigenvalue weighted by Gasteiger charge is 2.42. The largest absolute Gasteiger partial charge is 0.363 e. The maximum Gasteiger partial charge on any atom is 0.359 e. The molecule has 0 saturated carbocycles. The molecule has 88 valence electrons. The van der Waals surface area contributed by atoms with Crippen LogP contribution < -0.4 is 0 Å². The first kappa shape index (κ1) is 12.9. The van der Waals surface area contributed by atoms with Crippen molar-refractivity contribution in [1.29, 1.82) is 0 Å². The molecule has 4 nitrogen and oxygen atoms in total. The fourth-order valence-electron chi connectivity index (χ4n) is 1.70. The Morgan fingerprint density at radius 2 is 2.07 bits per heavy atom. The van der Waals surface area contributed by atoms with E-state index >= 15 is 0 Å². The van der Waals surface area contributed by atoms with Crippen LogP contribution in [0.5, 0.6) is 0 Å². The molecule has 1 aliphatic rings. The van der Waals surface area contributed by atoms with Crippen molar-refractivity contribution in [1.82, 2.24) is 0 Å². The van der Waals surface area contributed by atoms with Gasteiger partial charge < -0.3 is 13.8 Å². The van der Waals surface area contributed by atoms with Gasteiger partial charge in [0.2, 0.25) is 0 Å². The summed E-state index contributed by atoms with van der Waals surface area (Å²) >= 11 is 0. The molecule has 15 heavy (non-hydrogen) atoms. The summed E-state index contributed by atoms with van der Waals surface area (Å²) in [6.07, 6.45) is 2.47. The molecule has 0 fully saturated rings. The average molecular weight is 234 g/mol. The lowest BCUT2D eigenvalue weighted by molar-refractivity contribution is -0.00676. The van der Waals surface area contributed by atoms with Gasteiger partial charge in [-0.1, -0.05) is 6.92 Å². The molecule has 0 aromatic rings. The van der Waals surface area contributed by atoms with Gasteiger partial charge in [-0.3, -0.25) is 4.57 Å². The smallest absolute Gasteiger partial charge is 0.359 e. The molecule has 0 radical (unpaired) electrons. The molecule has 1 aliphatic heterocycles. The Morgan fingerprint density at radius 3 is 2.40 bits per heavy atom. The predicted molar refractivity (Wildman–Crippen MR) is 59.0 cm³/mol. The van der Waals surface area contributed by atoms with Crippen molar-refractivity contribution >= 4 is 7.60 Å². The Hall–Kier alpha value is -0.150. The van der Waals surface area contributed by atoms with Crippen molar-refractivity contribution in [3.63, 3.8) is 0 Å².